The van der Waals surface area contributed by atoms with Gasteiger partial charge in [-0.05, 0) is 141 Å². The molecular formula is C71H112O6. The van der Waals surface area contributed by atoms with E-state index in [2.05, 4.69) is 179 Å². The summed E-state index contributed by atoms with van der Waals surface area (Å²) in [7, 11) is 0. The molecule has 0 aromatic heterocycles. The number of ether oxygens (including phenoxy) is 3. The maximum atomic E-state index is 12.9. The van der Waals surface area contributed by atoms with Crippen LogP contribution >= 0.6 is 0 Å². The molecule has 0 saturated heterocycles. The van der Waals surface area contributed by atoms with Crippen molar-refractivity contribution < 1.29 is 28.6 Å². The summed E-state index contributed by atoms with van der Waals surface area (Å²) in [5, 5.41) is 0. The van der Waals surface area contributed by atoms with E-state index in [9.17, 15) is 14.4 Å². The number of rotatable bonds is 54. The van der Waals surface area contributed by atoms with Crippen molar-refractivity contribution >= 4 is 17.9 Å². The Balaban J connectivity index is 4.46. The first-order chi connectivity index (χ1) is 38.0. The Labute approximate surface area is 473 Å². The second-order valence-electron chi connectivity index (χ2n) is 19.8. The van der Waals surface area contributed by atoms with Crippen molar-refractivity contribution in [2.24, 2.45) is 0 Å². The summed E-state index contributed by atoms with van der Waals surface area (Å²) >= 11 is 0. The van der Waals surface area contributed by atoms with Crippen LogP contribution in [0, 0.1) is 0 Å². The first-order valence-corrected chi connectivity index (χ1v) is 31.0. The minimum absolute atomic E-state index is 0.106. The zero-order chi connectivity index (χ0) is 55.7. The molecule has 0 amide bonds. The summed E-state index contributed by atoms with van der Waals surface area (Å²) in [5.41, 5.74) is 0. The van der Waals surface area contributed by atoms with Crippen molar-refractivity contribution in [3.63, 3.8) is 0 Å². The average Bonchev–Trinajstić information content (AvgIpc) is 3.43. The minimum atomic E-state index is -0.813. The molecule has 0 aromatic carbocycles. The van der Waals surface area contributed by atoms with E-state index in [-0.39, 0.29) is 37.5 Å². The lowest BCUT2D eigenvalue weighted by Gasteiger charge is -2.18. The summed E-state index contributed by atoms with van der Waals surface area (Å²) in [6.45, 7) is 6.25. The van der Waals surface area contributed by atoms with E-state index in [1.165, 1.54) is 38.5 Å². The second kappa shape index (κ2) is 63.6. The molecule has 0 heterocycles. The maximum Gasteiger partial charge on any atom is 0.306 e. The van der Waals surface area contributed by atoms with Crippen LogP contribution in [0.3, 0.4) is 0 Å². The zero-order valence-electron chi connectivity index (χ0n) is 49.4. The first kappa shape index (κ1) is 72.0. The molecule has 0 aromatic rings. The van der Waals surface area contributed by atoms with Gasteiger partial charge in [0.05, 0.1) is 0 Å². The van der Waals surface area contributed by atoms with Crippen molar-refractivity contribution in [1.82, 2.24) is 0 Å². The molecule has 0 aliphatic heterocycles. The van der Waals surface area contributed by atoms with Crippen LogP contribution in [-0.4, -0.2) is 37.2 Å². The third-order valence-electron chi connectivity index (χ3n) is 12.5. The van der Waals surface area contributed by atoms with E-state index in [0.29, 0.717) is 12.8 Å². The lowest BCUT2D eigenvalue weighted by molar-refractivity contribution is -0.167. The fourth-order valence-corrected chi connectivity index (χ4v) is 7.98. The highest BCUT2D eigenvalue weighted by molar-refractivity contribution is 5.71. The molecule has 77 heavy (non-hydrogen) atoms. The third kappa shape index (κ3) is 61.8. The molecule has 0 rings (SSSR count). The molecule has 0 aliphatic carbocycles. The Morgan fingerprint density at radius 3 is 0.727 bits per heavy atom. The van der Waals surface area contributed by atoms with Crippen molar-refractivity contribution in [3.05, 3.63) is 158 Å². The molecule has 1 unspecified atom stereocenters. The van der Waals surface area contributed by atoms with Gasteiger partial charge in [0.2, 0.25) is 0 Å². The predicted molar refractivity (Wildman–Crippen MR) is 334 cm³/mol. The smallest absolute Gasteiger partial charge is 0.306 e. The Kier molecular flexibility index (Phi) is 59.5. The Morgan fingerprint density at radius 2 is 0.468 bits per heavy atom. The van der Waals surface area contributed by atoms with Gasteiger partial charge in [0.15, 0.2) is 6.10 Å². The van der Waals surface area contributed by atoms with Crippen LogP contribution in [0.1, 0.15) is 252 Å². The lowest BCUT2D eigenvalue weighted by atomic mass is 10.1. The van der Waals surface area contributed by atoms with E-state index in [4.69, 9.17) is 14.2 Å². The summed E-state index contributed by atoms with van der Waals surface area (Å²) < 4.78 is 16.9. The third-order valence-corrected chi connectivity index (χ3v) is 12.5. The number of carbonyl (C=O) groups excluding carboxylic acids is 3. The minimum Gasteiger partial charge on any atom is -0.462 e. The lowest BCUT2D eigenvalue weighted by Crippen LogP contribution is -2.30. The molecule has 1 atom stereocenters. The van der Waals surface area contributed by atoms with Crippen LogP contribution in [-0.2, 0) is 28.6 Å². The molecule has 0 aliphatic rings. The summed E-state index contributed by atoms with van der Waals surface area (Å²) in [5.74, 6) is -0.964. The first-order valence-electron chi connectivity index (χ1n) is 31.0. The average molecular weight is 1060 g/mol. The van der Waals surface area contributed by atoms with Crippen LogP contribution in [0.15, 0.2) is 158 Å². The van der Waals surface area contributed by atoms with Gasteiger partial charge in [0.1, 0.15) is 13.2 Å². The van der Waals surface area contributed by atoms with Gasteiger partial charge in [-0.3, -0.25) is 14.4 Å². The van der Waals surface area contributed by atoms with Gasteiger partial charge in [-0.25, -0.2) is 0 Å². The van der Waals surface area contributed by atoms with E-state index in [1.54, 1.807) is 0 Å². The topological polar surface area (TPSA) is 78.9 Å². The summed E-state index contributed by atoms with van der Waals surface area (Å²) in [6, 6.07) is 0. The molecule has 432 valence electrons. The fourth-order valence-electron chi connectivity index (χ4n) is 7.98. The Morgan fingerprint density at radius 1 is 0.260 bits per heavy atom. The number of carbonyl (C=O) groups is 3. The number of esters is 3. The van der Waals surface area contributed by atoms with E-state index in [1.807, 2.05) is 0 Å². The second-order valence-corrected chi connectivity index (χ2v) is 19.8. The maximum absolute atomic E-state index is 12.9. The standard InChI is InChI=1S/C71H112O6/c1-4-7-10-13-16-19-22-25-28-31-32-33-34-35-36-37-38-41-43-46-49-52-55-58-61-64-70(73)76-67-68(77-71(74)65-62-59-56-53-50-47-44-40-30-27-24-21-18-15-12-9-6-3)66-75-69(72)63-60-57-54-51-48-45-42-39-29-26-23-20-17-14-11-8-5-2/h7-12,16-21,25-30,32-33,35-36,42,44-45,47,68H,4-6,13-15,22-24,31,34,37-41,43,46,48-67H2,1-3H3/b10-7-,11-8-,12-9-,19-16-,20-17-,21-18-,28-25-,29-26-,30-27-,33-32-,36-35-,45-42-,47-44-. The Bertz CT molecular complexity index is 1740. The highest BCUT2D eigenvalue weighted by Gasteiger charge is 2.19. The van der Waals surface area contributed by atoms with E-state index in [0.717, 1.165) is 173 Å². The molecule has 6 heteroatoms. The van der Waals surface area contributed by atoms with Gasteiger partial charge in [-0.1, -0.05) is 249 Å². The molecule has 6 nitrogen and oxygen atoms in total. The quantitative estimate of drug-likeness (QED) is 0.0261. The molecule has 0 radical (unpaired) electrons. The highest BCUT2D eigenvalue weighted by atomic mass is 16.6. The van der Waals surface area contributed by atoms with Gasteiger partial charge in [-0.15, -0.1) is 0 Å². The van der Waals surface area contributed by atoms with Gasteiger partial charge in [-0.2, -0.15) is 0 Å². The van der Waals surface area contributed by atoms with E-state index < -0.39 is 6.10 Å². The van der Waals surface area contributed by atoms with Crippen LogP contribution < -0.4 is 0 Å². The zero-order valence-corrected chi connectivity index (χ0v) is 49.4. The molecule has 0 fully saturated rings. The monoisotopic (exact) mass is 1060 g/mol. The Hall–Kier alpha value is -4.97. The number of unbranched alkanes of at least 4 members (excludes halogenated alkanes) is 17. The predicted octanol–water partition coefficient (Wildman–Crippen LogP) is 21.3. The van der Waals surface area contributed by atoms with Gasteiger partial charge in [0, 0.05) is 19.3 Å². The van der Waals surface area contributed by atoms with Crippen LogP contribution in [0.2, 0.25) is 0 Å². The van der Waals surface area contributed by atoms with Crippen LogP contribution in [0.5, 0.6) is 0 Å². The number of hydrogen-bond donors (Lipinski definition) is 0. The largest absolute Gasteiger partial charge is 0.462 e. The van der Waals surface area contributed by atoms with Crippen LogP contribution in [0.4, 0.5) is 0 Å². The van der Waals surface area contributed by atoms with Crippen LogP contribution in [0.25, 0.3) is 0 Å². The summed E-state index contributed by atoms with van der Waals surface area (Å²) in [4.78, 5) is 38.3. The van der Waals surface area contributed by atoms with Crippen molar-refractivity contribution in [2.45, 2.75) is 258 Å². The summed E-state index contributed by atoms with van der Waals surface area (Å²) in [6.07, 6.45) is 92.4. The normalized spacial score (nSPS) is 13.2. The van der Waals surface area contributed by atoms with E-state index >= 15 is 0 Å². The molecule has 0 saturated carbocycles. The molecule has 0 N–H and O–H groups in total. The highest BCUT2D eigenvalue weighted by Crippen LogP contribution is 2.14. The van der Waals surface area contributed by atoms with Crippen molar-refractivity contribution in [1.29, 1.82) is 0 Å². The fraction of sp³-hybridized carbons (Fsp3) is 0.592. The molecule has 0 spiro atoms. The molecular weight excluding hydrogens is 949 g/mol. The number of allylic oxidation sites excluding steroid dienone is 26. The van der Waals surface area contributed by atoms with Crippen molar-refractivity contribution in [2.75, 3.05) is 13.2 Å². The SMILES string of the molecule is CC/C=C\C/C=C\C/C=C\C/C=C\C/C=C\CCCCCCCCCCCC(=O)OCC(COC(=O)CCCCCC/C=C\C/C=C\C/C=C\C/C=C\CC)OC(=O)CCCCCC/C=C\C/C=C\C/C=C\C/C=C\CC. The van der Waals surface area contributed by atoms with Gasteiger partial charge >= 0.3 is 17.9 Å². The van der Waals surface area contributed by atoms with Gasteiger partial charge in [0.25, 0.3) is 0 Å². The molecule has 0 bridgehead atoms. The van der Waals surface area contributed by atoms with Gasteiger partial charge < -0.3 is 14.2 Å². The number of hydrogen-bond acceptors (Lipinski definition) is 6. The van der Waals surface area contributed by atoms with Crippen molar-refractivity contribution in [3.8, 4) is 0 Å².